The minimum atomic E-state index is 0.424. The molecule has 0 aliphatic heterocycles. The molecule has 0 N–H and O–H groups in total. The number of hydrogen-bond acceptors (Lipinski definition) is 2. The van der Waals surface area contributed by atoms with Gasteiger partial charge in [0.05, 0.1) is 55.5 Å². The summed E-state index contributed by atoms with van der Waals surface area (Å²) in [5, 5.41) is 20.8. The van der Waals surface area contributed by atoms with Gasteiger partial charge in [0.15, 0.2) is 5.58 Å². The molecular weight excluding hydrogens is 1090 g/mol. The van der Waals surface area contributed by atoms with Crippen molar-refractivity contribution in [3.63, 3.8) is 0 Å². The second kappa shape index (κ2) is 20.5. The summed E-state index contributed by atoms with van der Waals surface area (Å²) < 4.78 is 14.7. The number of nitriles is 1. The first-order chi connectivity index (χ1) is 44.6. The van der Waals surface area contributed by atoms with Gasteiger partial charge in [0.1, 0.15) is 17.2 Å². The molecule has 0 spiro atoms. The summed E-state index contributed by atoms with van der Waals surface area (Å²) in [6, 6.07) is 116. The number of furan rings is 1. The third-order valence-corrected chi connectivity index (χ3v) is 18.5. The molecule has 14 aromatic carbocycles. The Morgan fingerprint density at radius 3 is 0.778 bits per heavy atom. The van der Waals surface area contributed by atoms with Gasteiger partial charge in [-0.15, -0.1) is 0 Å². The van der Waals surface area contributed by atoms with E-state index in [0.29, 0.717) is 22.4 Å². The Bertz CT molecular complexity index is 5640. The second-order valence-corrected chi connectivity index (χ2v) is 23.4. The van der Waals surface area contributed by atoms with Gasteiger partial charge in [0.25, 0.3) is 0 Å². The van der Waals surface area contributed by atoms with E-state index in [2.05, 4.69) is 323 Å². The summed E-state index contributed by atoms with van der Waals surface area (Å²) in [6.45, 7) is 0. The van der Waals surface area contributed by atoms with Crippen LogP contribution in [0.4, 0.5) is 0 Å². The first-order valence-electron chi connectivity index (χ1n) is 30.6. The summed E-state index contributed by atoms with van der Waals surface area (Å²) in [6.07, 6.45) is 0. The van der Waals surface area contributed by atoms with E-state index in [1.807, 2.05) is 12.1 Å². The molecule has 18 rings (SSSR count). The van der Waals surface area contributed by atoms with Crippen LogP contribution in [-0.2, 0) is 0 Å². The summed E-state index contributed by atoms with van der Waals surface area (Å²) >= 11 is 0. The molecule has 18 aromatic rings. The zero-order valence-corrected chi connectivity index (χ0v) is 48.7. The summed E-state index contributed by atoms with van der Waals surface area (Å²) in [7, 11) is 0. The maximum Gasteiger partial charge on any atom is 0.157 e. The van der Waals surface area contributed by atoms with Crippen LogP contribution in [0.15, 0.2) is 320 Å². The molecule has 4 aromatic heterocycles. The molecule has 4 heterocycles. The molecule has 0 aliphatic rings. The fourth-order valence-electron chi connectivity index (χ4n) is 14.3. The molecule has 0 atom stereocenters. The van der Waals surface area contributed by atoms with Gasteiger partial charge in [0.2, 0.25) is 0 Å². The molecule has 0 saturated heterocycles. The third kappa shape index (κ3) is 7.95. The number of rotatable bonds is 9. The molecule has 0 radical (unpaired) electrons. The fourth-order valence-corrected chi connectivity index (χ4v) is 14.3. The fraction of sp³-hybridized carbons (Fsp3) is 0. The van der Waals surface area contributed by atoms with Crippen LogP contribution in [0.25, 0.3) is 171 Å². The maximum absolute atomic E-state index is 12.5. The van der Waals surface area contributed by atoms with E-state index in [-0.39, 0.29) is 0 Å². The molecule has 5 heteroatoms. The van der Waals surface area contributed by atoms with E-state index in [9.17, 15) is 5.26 Å². The zero-order chi connectivity index (χ0) is 59.4. The number of benzene rings is 14. The van der Waals surface area contributed by atoms with Gasteiger partial charge in [-0.1, -0.05) is 237 Å². The van der Waals surface area contributed by atoms with Crippen molar-refractivity contribution in [1.29, 1.82) is 5.26 Å². The Balaban J connectivity index is 1.08. The largest absolute Gasteiger partial charge is 0.454 e. The Morgan fingerprint density at radius 2 is 0.489 bits per heavy atom. The van der Waals surface area contributed by atoms with Crippen LogP contribution in [0.2, 0.25) is 0 Å². The van der Waals surface area contributed by atoms with Crippen LogP contribution in [0.5, 0.6) is 0 Å². The number of fused-ring (bicyclic) bond motifs is 12. The predicted octanol–water partition coefficient (Wildman–Crippen LogP) is 22.8. The van der Waals surface area contributed by atoms with Crippen molar-refractivity contribution in [3.05, 3.63) is 321 Å². The van der Waals surface area contributed by atoms with Crippen molar-refractivity contribution in [2.75, 3.05) is 0 Å². The summed E-state index contributed by atoms with van der Waals surface area (Å²) in [4.78, 5) is 0. The Morgan fingerprint density at radius 1 is 0.233 bits per heavy atom. The minimum absolute atomic E-state index is 0.424. The lowest BCUT2D eigenvalue weighted by molar-refractivity contribution is 0.667. The van der Waals surface area contributed by atoms with E-state index < -0.39 is 0 Å². The zero-order valence-electron chi connectivity index (χ0n) is 48.7. The van der Waals surface area contributed by atoms with Gasteiger partial charge in [-0.2, -0.15) is 5.26 Å². The molecule has 418 valence electrons. The van der Waals surface area contributed by atoms with Crippen molar-refractivity contribution in [2.24, 2.45) is 0 Å². The van der Waals surface area contributed by atoms with Crippen LogP contribution in [0, 0.1) is 11.3 Å². The second-order valence-electron chi connectivity index (χ2n) is 23.4. The van der Waals surface area contributed by atoms with Gasteiger partial charge in [-0.25, -0.2) is 0 Å². The Labute approximate surface area is 518 Å². The number of aromatic nitrogens is 3. The maximum atomic E-state index is 12.5. The van der Waals surface area contributed by atoms with E-state index in [4.69, 9.17) is 4.42 Å². The molecule has 0 aliphatic carbocycles. The van der Waals surface area contributed by atoms with Crippen LogP contribution in [0.3, 0.4) is 0 Å². The lowest BCUT2D eigenvalue weighted by Gasteiger charge is -2.24. The molecule has 0 bridgehead atoms. The van der Waals surface area contributed by atoms with Gasteiger partial charge in [-0.3, -0.25) is 0 Å². The predicted molar refractivity (Wildman–Crippen MR) is 374 cm³/mol. The summed E-state index contributed by atoms with van der Waals surface area (Å²) in [5.41, 5.74) is 23.4. The molecule has 0 amide bonds. The Kier molecular flexibility index (Phi) is 11.6. The van der Waals surface area contributed by atoms with E-state index in [0.717, 1.165) is 154 Å². The molecule has 90 heavy (non-hydrogen) atoms. The van der Waals surface area contributed by atoms with Crippen LogP contribution in [-0.4, -0.2) is 13.7 Å². The number of nitrogens with zero attached hydrogens (tertiary/aromatic N) is 4. The summed E-state index contributed by atoms with van der Waals surface area (Å²) in [5.74, 6) is 0. The van der Waals surface area contributed by atoms with Crippen molar-refractivity contribution < 1.29 is 4.42 Å². The molecular formula is C85H52N4O. The first kappa shape index (κ1) is 51.0. The van der Waals surface area contributed by atoms with Crippen LogP contribution in [0.1, 0.15) is 5.56 Å². The van der Waals surface area contributed by atoms with Gasteiger partial charge in [0, 0.05) is 37.7 Å². The quantitative estimate of drug-likeness (QED) is 0.145. The third-order valence-electron chi connectivity index (χ3n) is 18.5. The highest BCUT2D eigenvalue weighted by molar-refractivity contribution is 6.22. The van der Waals surface area contributed by atoms with Gasteiger partial charge < -0.3 is 18.1 Å². The van der Waals surface area contributed by atoms with Gasteiger partial charge >= 0.3 is 0 Å². The topological polar surface area (TPSA) is 51.7 Å². The van der Waals surface area contributed by atoms with Crippen LogP contribution < -0.4 is 0 Å². The van der Waals surface area contributed by atoms with Crippen molar-refractivity contribution in [1.82, 2.24) is 13.7 Å². The van der Waals surface area contributed by atoms with Gasteiger partial charge in [-0.05, 0) is 146 Å². The minimum Gasteiger partial charge on any atom is -0.454 e. The highest BCUT2D eigenvalue weighted by Crippen LogP contribution is 2.51. The lowest BCUT2D eigenvalue weighted by atomic mass is 10.0. The first-order valence-corrected chi connectivity index (χ1v) is 30.6. The molecule has 0 fully saturated rings. The van der Waals surface area contributed by atoms with E-state index in [1.165, 1.54) is 0 Å². The molecule has 0 saturated carbocycles. The highest BCUT2D eigenvalue weighted by atomic mass is 16.3. The van der Waals surface area contributed by atoms with E-state index in [1.54, 1.807) is 0 Å². The molecule has 5 nitrogen and oxygen atoms in total. The lowest BCUT2D eigenvalue weighted by Crippen LogP contribution is -2.12. The monoisotopic (exact) mass is 1140 g/mol. The standard InChI is InChI=1S/C85H52N4O/c86-53-73-82(87-74-41-35-60(54-21-7-1-8-22-54)47-67(74)68-48-61(36-42-75(68)87)55-23-9-2-10-24-55)84(89-78-45-39-64(58-29-15-5-16-30-58)51-71(78)72-52-65(40-46-79(72)89)59-31-17-6-18-32-59)83(81-66-33-19-20-34-80(66)90-85(73)81)88-76-43-37-62(56-25-11-3-12-26-56)49-69(76)70-50-63(38-44-77(70)88)57-27-13-4-14-28-57/h1-52H. The number of hydrogen-bond donors (Lipinski definition) is 0. The smallest absolute Gasteiger partial charge is 0.157 e. The van der Waals surface area contributed by atoms with Crippen molar-refractivity contribution >= 4 is 87.4 Å². The Hall–Kier alpha value is -12.2. The van der Waals surface area contributed by atoms with Crippen molar-refractivity contribution in [3.8, 4) is 89.9 Å². The van der Waals surface area contributed by atoms with E-state index >= 15 is 0 Å². The average Bonchev–Trinajstić information content (AvgIpc) is 1.55. The average molecular weight is 1150 g/mol. The molecule has 0 unspecified atom stereocenters. The normalized spacial score (nSPS) is 11.8. The number of para-hydroxylation sites is 1. The van der Waals surface area contributed by atoms with Crippen molar-refractivity contribution in [2.45, 2.75) is 0 Å². The SMILES string of the molecule is N#Cc1c(-n2c3ccc(-c4ccccc4)cc3c3cc(-c4ccccc4)ccc32)c(-n2c3ccc(-c4ccccc4)cc3c3cc(-c4ccccc4)ccc32)c(-n2c3ccc(-c4ccccc4)cc3c3cc(-c4ccccc4)ccc32)c2c1oc1ccccc12. The highest BCUT2D eigenvalue weighted by Gasteiger charge is 2.33. The van der Waals surface area contributed by atoms with Crippen LogP contribution >= 0.6 is 0 Å².